The molecule has 0 saturated carbocycles. The van der Waals surface area contributed by atoms with Gasteiger partial charge in [-0.25, -0.2) is 13.4 Å². The summed E-state index contributed by atoms with van der Waals surface area (Å²) in [7, 11) is -3.06. The van der Waals surface area contributed by atoms with Crippen molar-refractivity contribution in [2.24, 2.45) is 0 Å². The molecule has 1 N–H and O–H groups in total. The fraction of sp³-hybridized carbons (Fsp3) is 0.750. The third kappa shape index (κ3) is 2.75. The van der Waals surface area contributed by atoms with E-state index in [9.17, 15) is 8.42 Å². The van der Waals surface area contributed by atoms with E-state index in [1.807, 2.05) is 13.8 Å². The summed E-state index contributed by atoms with van der Waals surface area (Å²) < 4.78 is 29.6. The van der Waals surface area contributed by atoms with Gasteiger partial charge in [0.05, 0.1) is 18.0 Å². The average molecular weight is 272 g/mol. The monoisotopic (exact) mass is 272 g/mol. The lowest BCUT2D eigenvalue weighted by molar-refractivity contribution is 0.387. The van der Waals surface area contributed by atoms with Crippen LogP contribution in [0.15, 0.2) is 10.6 Å². The average Bonchev–Trinajstić information content (AvgIpc) is 2.78. The van der Waals surface area contributed by atoms with Crippen molar-refractivity contribution in [3.05, 3.63) is 17.8 Å². The van der Waals surface area contributed by atoms with Crippen molar-refractivity contribution >= 4 is 9.84 Å². The molecule has 18 heavy (non-hydrogen) atoms. The summed E-state index contributed by atoms with van der Waals surface area (Å²) in [5.74, 6) is 1.32. The molecule has 0 amide bonds. The highest BCUT2D eigenvalue weighted by atomic mass is 32.2. The fourth-order valence-corrected chi connectivity index (χ4v) is 4.20. The molecule has 0 bridgehead atoms. The number of nitrogens with zero attached hydrogens (tertiary/aromatic N) is 1. The van der Waals surface area contributed by atoms with Gasteiger partial charge in [-0.05, 0) is 26.3 Å². The molecule has 1 aromatic heterocycles. The topological polar surface area (TPSA) is 72.2 Å². The van der Waals surface area contributed by atoms with Crippen LogP contribution in [-0.2, 0) is 9.84 Å². The summed E-state index contributed by atoms with van der Waals surface area (Å²) in [4.78, 5) is 4.18. The standard InChI is InChI=1S/C12H20N2O3S/c1-3-13-9(2)12-14-8-10(17-12)11-6-4-5-7-18(11,15)16/h8-9,11,13H,3-7H2,1-2H3. The summed E-state index contributed by atoms with van der Waals surface area (Å²) in [6.45, 7) is 4.78. The molecule has 102 valence electrons. The Morgan fingerprint density at radius 3 is 3.00 bits per heavy atom. The van der Waals surface area contributed by atoms with Crippen molar-refractivity contribution in [1.82, 2.24) is 10.3 Å². The maximum atomic E-state index is 12.0. The summed E-state index contributed by atoms with van der Waals surface area (Å²) in [5, 5.41) is 2.69. The zero-order valence-corrected chi connectivity index (χ0v) is 11.7. The summed E-state index contributed by atoms with van der Waals surface area (Å²) in [6.07, 6.45) is 3.90. The molecule has 1 fully saturated rings. The van der Waals surface area contributed by atoms with Gasteiger partial charge in [0.15, 0.2) is 9.84 Å². The first-order valence-corrected chi connectivity index (χ1v) is 8.16. The Bertz CT molecular complexity index is 495. The van der Waals surface area contributed by atoms with E-state index >= 15 is 0 Å². The smallest absolute Gasteiger partial charge is 0.211 e. The molecule has 1 aliphatic rings. The third-order valence-electron chi connectivity index (χ3n) is 3.32. The van der Waals surface area contributed by atoms with E-state index in [2.05, 4.69) is 10.3 Å². The molecular weight excluding hydrogens is 252 g/mol. The second-order valence-electron chi connectivity index (χ2n) is 4.73. The highest BCUT2D eigenvalue weighted by molar-refractivity contribution is 7.91. The van der Waals surface area contributed by atoms with Crippen LogP contribution in [0.3, 0.4) is 0 Å². The minimum atomic E-state index is -3.06. The second kappa shape index (κ2) is 5.40. The number of nitrogens with one attached hydrogen (secondary N) is 1. The van der Waals surface area contributed by atoms with Crippen LogP contribution >= 0.6 is 0 Å². The van der Waals surface area contributed by atoms with Crippen LogP contribution in [0.5, 0.6) is 0 Å². The van der Waals surface area contributed by atoms with Gasteiger partial charge in [0.25, 0.3) is 0 Å². The molecule has 0 radical (unpaired) electrons. The van der Waals surface area contributed by atoms with Gasteiger partial charge in [0.1, 0.15) is 11.0 Å². The molecule has 2 heterocycles. The first kappa shape index (κ1) is 13.5. The van der Waals surface area contributed by atoms with E-state index in [1.54, 1.807) is 6.20 Å². The van der Waals surface area contributed by atoms with E-state index in [1.165, 1.54) is 0 Å². The first-order valence-electron chi connectivity index (χ1n) is 6.45. The Hall–Kier alpha value is -0.880. The molecule has 2 rings (SSSR count). The SMILES string of the molecule is CCNC(C)c1ncc(C2CCCCS2(=O)=O)o1. The van der Waals surface area contributed by atoms with Crippen LogP contribution in [0.1, 0.15) is 56.1 Å². The highest BCUT2D eigenvalue weighted by Crippen LogP contribution is 2.34. The largest absolute Gasteiger partial charge is 0.443 e. The molecule has 1 aromatic rings. The van der Waals surface area contributed by atoms with Gasteiger partial charge < -0.3 is 9.73 Å². The molecule has 6 heteroatoms. The van der Waals surface area contributed by atoms with Crippen LogP contribution in [0, 0.1) is 0 Å². The molecule has 1 aliphatic heterocycles. The van der Waals surface area contributed by atoms with Crippen LogP contribution in [0.2, 0.25) is 0 Å². The zero-order chi connectivity index (χ0) is 13.2. The van der Waals surface area contributed by atoms with Crippen molar-refractivity contribution in [3.8, 4) is 0 Å². The quantitative estimate of drug-likeness (QED) is 0.907. The molecule has 0 aliphatic carbocycles. The van der Waals surface area contributed by atoms with E-state index in [0.717, 1.165) is 19.4 Å². The lowest BCUT2D eigenvalue weighted by atomic mass is 10.1. The van der Waals surface area contributed by atoms with Gasteiger partial charge in [-0.1, -0.05) is 13.3 Å². The van der Waals surface area contributed by atoms with Crippen molar-refractivity contribution in [2.75, 3.05) is 12.3 Å². The third-order valence-corrected chi connectivity index (χ3v) is 5.51. The molecule has 5 nitrogen and oxygen atoms in total. The van der Waals surface area contributed by atoms with Gasteiger partial charge in [-0.15, -0.1) is 0 Å². The minimum absolute atomic E-state index is 0.00930. The van der Waals surface area contributed by atoms with Crippen LogP contribution < -0.4 is 5.32 Å². The Morgan fingerprint density at radius 1 is 1.56 bits per heavy atom. The zero-order valence-electron chi connectivity index (χ0n) is 10.8. The van der Waals surface area contributed by atoms with Gasteiger partial charge in [-0.2, -0.15) is 0 Å². The molecule has 0 aromatic carbocycles. The van der Waals surface area contributed by atoms with Crippen molar-refractivity contribution in [2.45, 2.75) is 44.4 Å². The van der Waals surface area contributed by atoms with Crippen molar-refractivity contribution < 1.29 is 12.8 Å². The molecule has 2 unspecified atom stereocenters. The van der Waals surface area contributed by atoms with Crippen LogP contribution in [0.25, 0.3) is 0 Å². The first-order chi connectivity index (χ1) is 8.54. The number of aromatic nitrogens is 1. The number of oxazole rings is 1. The Labute approximate surface area is 108 Å². The molecular formula is C12H20N2O3S. The normalized spacial score (nSPS) is 24.9. The lowest BCUT2D eigenvalue weighted by Gasteiger charge is -2.19. The molecule has 2 atom stereocenters. The summed E-state index contributed by atoms with van der Waals surface area (Å²) in [6, 6.07) is 0.00930. The number of sulfone groups is 1. The van der Waals surface area contributed by atoms with Crippen LogP contribution in [-0.4, -0.2) is 25.7 Å². The molecule has 0 spiro atoms. The van der Waals surface area contributed by atoms with Gasteiger partial charge >= 0.3 is 0 Å². The van der Waals surface area contributed by atoms with Gasteiger partial charge in [0, 0.05) is 0 Å². The van der Waals surface area contributed by atoms with Gasteiger partial charge in [0.2, 0.25) is 5.89 Å². The Balaban J connectivity index is 2.19. The van der Waals surface area contributed by atoms with Crippen molar-refractivity contribution in [1.29, 1.82) is 0 Å². The predicted molar refractivity (Wildman–Crippen MR) is 69.0 cm³/mol. The van der Waals surface area contributed by atoms with E-state index in [4.69, 9.17) is 4.42 Å². The summed E-state index contributed by atoms with van der Waals surface area (Å²) >= 11 is 0. The lowest BCUT2D eigenvalue weighted by Crippen LogP contribution is -2.21. The minimum Gasteiger partial charge on any atom is -0.443 e. The Morgan fingerprint density at radius 2 is 2.33 bits per heavy atom. The summed E-state index contributed by atoms with van der Waals surface area (Å²) in [5.41, 5.74) is 0. The van der Waals surface area contributed by atoms with Crippen LogP contribution in [0.4, 0.5) is 0 Å². The Kier molecular flexibility index (Phi) is 4.07. The maximum absolute atomic E-state index is 12.0. The maximum Gasteiger partial charge on any atom is 0.211 e. The fourth-order valence-electron chi connectivity index (χ4n) is 2.32. The van der Waals surface area contributed by atoms with Gasteiger partial charge in [-0.3, -0.25) is 0 Å². The predicted octanol–water partition coefficient (Wildman–Crippen LogP) is 1.98. The number of rotatable bonds is 4. The molecule has 1 saturated heterocycles. The highest BCUT2D eigenvalue weighted by Gasteiger charge is 2.33. The van der Waals surface area contributed by atoms with E-state index in [-0.39, 0.29) is 11.8 Å². The second-order valence-corrected chi connectivity index (χ2v) is 7.03. The van der Waals surface area contributed by atoms with Crippen molar-refractivity contribution in [3.63, 3.8) is 0 Å². The number of hydrogen-bond acceptors (Lipinski definition) is 5. The number of hydrogen-bond donors (Lipinski definition) is 1. The van der Waals surface area contributed by atoms with E-state index in [0.29, 0.717) is 18.1 Å². The van der Waals surface area contributed by atoms with E-state index < -0.39 is 15.1 Å².